The highest BCUT2D eigenvalue weighted by Crippen LogP contribution is 2.17. The number of halogens is 1. The molecular formula is C8H11BClNO3. The summed E-state index contributed by atoms with van der Waals surface area (Å²) in [6.45, 7) is 0.529. The zero-order chi connectivity index (χ0) is 9.26. The van der Waals surface area contributed by atoms with Gasteiger partial charge in [-0.05, 0) is 11.6 Å². The van der Waals surface area contributed by atoms with Gasteiger partial charge in [0.05, 0.1) is 6.61 Å². The Kier molecular flexibility index (Phi) is 3.77. The highest BCUT2D eigenvalue weighted by atomic mass is 35.5. The van der Waals surface area contributed by atoms with Crippen molar-refractivity contribution in [1.29, 1.82) is 0 Å². The minimum absolute atomic E-state index is 0. The molecule has 0 unspecified atom stereocenters. The minimum atomic E-state index is -0.877. The standard InChI is InChI=1S/C8H10BNO3.ClH/c10-5-12-7-3-1-2-6-4-13-9(11)8(6)7;/h1-3,11H,4-5,10H2;1H. The Labute approximate surface area is 88.6 Å². The second kappa shape index (κ2) is 4.66. The first-order valence-corrected chi connectivity index (χ1v) is 4.07. The molecule has 2 rings (SSSR count). The van der Waals surface area contributed by atoms with Crippen molar-refractivity contribution in [2.45, 2.75) is 6.61 Å². The van der Waals surface area contributed by atoms with Crippen LogP contribution in [-0.4, -0.2) is 18.9 Å². The van der Waals surface area contributed by atoms with Crippen molar-refractivity contribution in [3.8, 4) is 5.75 Å². The van der Waals surface area contributed by atoms with E-state index in [1.165, 1.54) is 0 Å². The molecule has 1 aliphatic heterocycles. The highest BCUT2D eigenvalue weighted by molar-refractivity contribution is 6.62. The maximum atomic E-state index is 9.45. The average molecular weight is 215 g/mol. The van der Waals surface area contributed by atoms with Gasteiger partial charge in [0.25, 0.3) is 0 Å². The van der Waals surface area contributed by atoms with E-state index in [4.69, 9.17) is 15.1 Å². The summed E-state index contributed by atoms with van der Waals surface area (Å²) < 4.78 is 10.2. The van der Waals surface area contributed by atoms with Gasteiger partial charge in [0.1, 0.15) is 12.5 Å². The zero-order valence-corrected chi connectivity index (χ0v) is 8.29. The molecule has 0 aliphatic carbocycles. The third kappa shape index (κ3) is 1.86. The number of hydrogen-bond donors (Lipinski definition) is 2. The number of hydrogen-bond acceptors (Lipinski definition) is 4. The number of benzene rings is 1. The molecule has 1 aromatic carbocycles. The first kappa shape index (κ1) is 11.3. The van der Waals surface area contributed by atoms with Crippen LogP contribution in [0.15, 0.2) is 18.2 Å². The van der Waals surface area contributed by atoms with Crippen LogP contribution in [0.5, 0.6) is 5.75 Å². The molecule has 0 bridgehead atoms. The van der Waals surface area contributed by atoms with E-state index in [2.05, 4.69) is 0 Å². The van der Waals surface area contributed by atoms with Crippen LogP contribution in [-0.2, 0) is 11.3 Å². The van der Waals surface area contributed by atoms with Gasteiger partial charge in [-0.25, -0.2) is 0 Å². The highest BCUT2D eigenvalue weighted by Gasteiger charge is 2.30. The number of nitrogens with two attached hydrogens (primary N) is 1. The van der Waals surface area contributed by atoms with E-state index in [0.717, 1.165) is 5.56 Å². The molecule has 76 valence electrons. The minimum Gasteiger partial charge on any atom is -0.479 e. The van der Waals surface area contributed by atoms with Crippen LogP contribution in [0.1, 0.15) is 5.56 Å². The quantitative estimate of drug-likeness (QED) is 0.521. The van der Waals surface area contributed by atoms with Gasteiger partial charge in [0.15, 0.2) is 0 Å². The normalized spacial score (nSPS) is 13.4. The summed E-state index contributed by atoms with van der Waals surface area (Å²) in [6, 6.07) is 5.52. The van der Waals surface area contributed by atoms with Gasteiger partial charge in [-0.2, -0.15) is 0 Å². The largest absolute Gasteiger partial charge is 0.495 e. The molecule has 0 fully saturated rings. The van der Waals surface area contributed by atoms with E-state index in [1.54, 1.807) is 6.07 Å². The van der Waals surface area contributed by atoms with E-state index < -0.39 is 7.12 Å². The molecular weight excluding hydrogens is 204 g/mol. The molecule has 0 saturated carbocycles. The van der Waals surface area contributed by atoms with Crippen molar-refractivity contribution in [1.82, 2.24) is 0 Å². The molecule has 0 radical (unpaired) electrons. The fourth-order valence-electron chi connectivity index (χ4n) is 1.46. The number of fused-ring (bicyclic) bond motifs is 1. The van der Waals surface area contributed by atoms with Gasteiger partial charge < -0.3 is 14.4 Å². The van der Waals surface area contributed by atoms with Gasteiger partial charge in [-0.3, -0.25) is 5.73 Å². The Hall–Kier alpha value is -0.745. The van der Waals surface area contributed by atoms with Crippen molar-refractivity contribution in [3.05, 3.63) is 23.8 Å². The molecule has 1 heterocycles. The monoisotopic (exact) mass is 215 g/mol. The molecule has 1 aromatic rings. The Bertz CT molecular complexity index is 323. The van der Waals surface area contributed by atoms with Crippen LogP contribution in [0.3, 0.4) is 0 Å². The molecule has 0 atom stereocenters. The molecule has 1 aliphatic rings. The molecule has 0 amide bonds. The summed E-state index contributed by atoms with van der Waals surface area (Å²) in [5.74, 6) is 0.602. The SMILES string of the molecule is Cl.NCOc1cccc2c1B(O)OC2. The van der Waals surface area contributed by atoms with Gasteiger partial charge >= 0.3 is 7.12 Å². The smallest absolute Gasteiger partial charge is 0.479 e. The Morgan fingerprint density at radius 3 is 3.07 bits per heavy atom. The van der Waals surface area contributed by atoms with Crippen molar-refractivity contribution in [2.75, 3.05) is 6.73 Å². The van der Waals surface area contributed by atoms with Crippen LogP contribution >= 0.6 is 12.4 Å². The summed E-state index contributed by atoms with van der Waals surface area (Å²) in [5, 5.41) is 9.45. The summed E-state index contributed by atoms with van der Waals surface area (Å²) in [7, 11) is -0.877. The lowest BCUT2D eigenvalue weighted by molar-refractivity contribution is 0.275. The van der Waals surface area contributed by atoms with E-state index >= 15 is 0 Å². The average Bonchev–Trinajstić information content (AvgIpc) is 2.50. The molecule has 3 N–H and O–H groups in total. The third-order valence-electron chi connectivity index (χ3n) is 2.04. The van der Waals surface area contributed by atoms with E-state index in [-0.39, 0.29) is 19.1 Å². The van der Waals surface area contributed by atoms with Crippen molar-refractivity contribution < 1.29 is 14.4 Å². The van der Waals surface area contributed by atoms with Crippen LogP contribution in [0.4, 0.5) is 0 Å². The predicted molar refractivity (Wildman–Crippen MR) is 55.8 cm³/mol. The molecule has 0 saturated heterocycles. The second-order valence-electron chi connectivity index (χ2n) is 2.80. The molecule has 6 heteroatoms. The summed E-state index contributed by atoms with van der Waals surface area (Å²) in [5.41, 5.74) is 6.91. The van der Waals surface area contributed by atoms with Crippen LogP contribution < -0.4 is 15.9 Å². The zero-order valence-electron chi connectivity index (χ0n) is 7.47. The first-order valence-electron chi connectivity index (χ1n) is 4.07. The molecule has 4 nitrogen and oxygen atoms in total. The Morgan fingerprint density at radius 2 is 2.36 bits per heavy atom. The summed E-state index contributed by atoms with van der Waals surface area (Å²) in [4.78, 5) is 0. The van der Waals surface area contributed by atoms with Crippen molar-refractivity contribution in [3.63, 3.8) is 0 Å². The molecule has 14 heavy (non-hydrogen) atoms. The van der Waals surface area contributed by atoms with Crippen molar-refractivity contribution in [2.24, 2.45) is 5.73 Å². The maximum absolute atomic E-state index is 9.45. The van der Waals surface area contributed by atoms with E-state index in [1.807, 2.05) is 12.1 Å². The van der Waals surface area contributed by atoms with Crippen LogP contribution in [0.2, 0.25) is 0 Å². The lowest BCUT2D eigenvalue weighted by Crippen LogP contribution is -2.30. The van der Waals surface area contributed by atoms with E-state index in [0.29, 0.717) is 17.8 Å². The van der Waals surface area contributed by atoms with Crippen LogP contribution in [0.25, 0.3) is 0 Å². The molecule has 0 spiro atoms. The number of rotatable bonds is 2. The lowest BCUT2D eigenvalue weighted by atomic mass is 9.79. The lowest BCUT2D eigenvalue weighted by Gasteiger charge is -2.07. The number of ether oxygens (including phenoxy) is 1. The summed E-state index contributed by atoms with van der Waals surface area (Å²) >= 11 is 0. The summed E-state index contributed by atoms with van der Waals surface area (Å²) in [6.07, 6.45) is 0. The fraction of sp³-hybridized carbons (Fsp3) is 0.250. The van der Waals surface area contributed by atoms with Gasteiger partial charge in [0, 0.05) is 5.46 Å². The van der Waals surface area contributed by atoms with Crippen LogP contribution in [0, 0.1) is 0 Å². The predicted octanol–water partition coefficient (Wildman–Crippen LogP) is -0.379. The van der Waals surface area contributed by atoms with E-state index in [9.17, 15) is 5.02 Å². The fourth-order valence-corrected chi connectivity index (χ4v) is 1.46. The second-order valence-corrected chi connectivity index (χ2v) is 2.80. The Morgan fingerprint density at radius 1 is 1.57 bits per heavy atom. The van der Waals surface area contributed by atoms with Crippen molar-refractivity contribution >= 4 is 25.0 Å². The first-order chi connectivity index (χ1) is 6.33. The molecule has 0 aromatic heterocycles. The maximum Gasteiger partial charge on any atom is 0.495 e. The van der Waals surface area contributed by atoms with Gasteiger partial charge in [0.2, 0.25) is 0 Å². The Balaban J connectivity index is 0.000000980. The third-order valence-corrected chi connectivity index (χ3v) is 2.04. The van der Waals surface area contributed by atoms with Gasteiger partial charge in [-0.15, -0.1) is 12.4 Å². The topological polar surface area (TPSA) is 64.7 Å². The van der Waals surface area contributed by atoms with Gasteiger partial charge in [-0.1, -0.05) is 12.1 Å².